The summed E-state index contributed by atoms with van der Waals surface area (Å²) in [4.78, 5) is 23.7. The average Bonchev–Trinajstić information content (AvgIpc) is 1.84. The Morgan fingerprint density at radius 3 is 1.62 bits per heavy atom. The minimum Gasteiger partial charge on any atom is -0.303 e. The Hall–Kier alpha value is -0.450. The molecule has 0 bridgehead atoms. The van der Waals surface area contributed by atoms with Gasteiger partial charge >= 0.3 is 7.82 Å². The molecule has 0 heterocycles. The summed E-state index contributed by atoms with van der Waals surface area (Å²) >= 11 is 0. The first-order chi connectivity index (χ1) is 5.81. The fourth-order valence-corrected chi connectivity index (χ4v) is 0.515. The van der Waals surface area contributed by atoms with Crippen LogP contribution in [0, 0.1) is 0 Å². The molecule has 78 valence electrons. The number of rotatable bonds is 4. The van der Waals surface area contributed by atoms with Crippen molar-refractivity contribution in [1.29, 1.82) is 0 Å². The van der Waals surface area contributed by atoms with Gasteiger partial charge in [-0.25, -0.2) is 4.57 Å². The zero-order chi connectivity index (χ0) is 10.9. The van der Waals surface area contributed by atoms with Crippen LogP contribution in [0.25, 0.3) is 0 Å². The second kappa shape index (κ2) is 8.16. The molecular formula is C7H16NO4P. The van der Waals surface area contributed by atoms with E-state index in [9.17, 15) is 0 Å². The van der Waals surface area contributed by atoms with Crippen molar-refractivity contribution in [3.05, 3.63) is 25.3 Å². The van der Waals surface area contributed by atoms with Crippen molar-refractivity contribution in [2.75, 3.05) is 20.1 Å². The second-order valence-electron chi connectivity index (χ2n) is 2.31. The minimum atomic E-state index is -4.64. The lowest BCUT2D eigenvalue weighted by Crippen LogP contribution is -2.17. The maximum absolute atomic E-state index is 8.88. The van der Waals surface area contributed by atoms with Crippen molar-refractivity contribution < 1.29 is 19.2 Å². The summed E-state index contributed by atoms with van der Waals surface area (Å²) in [6, 6.07) is 0. The molecule has 0 rings (SSSR count). The fraction of sp³-hybridized carbons (Fsp3) is 0.429. The van der Waals surface area contributed by atoms with Gasteiger partial charge in [-0.3, -0.25) is 4.90 Å². The van der Waals surface area contributed by atoms with Gasteiger partial charge < -0.3 is 14.7 Å². The van der Waals surface area contributed by atoms with Crippen LogP contribution in [0.4, 0.5) is 0 Å². The SMILES string of the molecule is C=CCN(C)CC=C.O=P(O)(O)O. The van der Waals surface area contributed by atoms with E-state index in [2.05, 4.69) is 18.1 Å². The molecule has 0 saturated heterocycles. The standard InChI is InChI=1S/C7H13N.H3O4P/c1-4-6-8(3)7-5-2;1-5(2,3)4/h4-5H,1-2,6-7H2,3H3;(H3,1,2,3,4). The number of likely N-dealkylation sites (N-methyl/N-ethyl adjacent to an activating group) is 1. The topological polar surface area (TPSA) is 81.0 Å². The van der Waals surface area contributed by atoms with Gasteiger partial charge in [0.2, 0.25) is 0 Å². The highest BCUT2D eigenvalue weighted by Crippen LogP contribution is 2.25. The first-order valence-corrected chi connectivity index (χ1v) is 5.06. The lowest BCUT2D eigenvalue weighted by atomic mass is 10.5. The summed E-state index contributed by atoms with van der Waals surface area (Å²) in [6.45, 7) is 9.09. The van der Waals surface area contributed by atoms with Crippen LogP contribution in [0.1, 0.15) is 0 Å². The lowest BCUT2D eigenvalue weighted by molar-refractivity contribution is 0.275. The van der Waals surface area contributed by atoms with Crippen LogP contribution < -0.4 is 0 Å². The Kier molecular flexibility index (Phi) is 9.44. The first kappa shape index (κ1) is 15.0. The molecule has 0 aromatic rings. The molecular weight excluding hydrogens is 193 g/mol. The Morgan fingerprint density at radius 1 is 1.23 bits per heavy atom. The van der Waals surface area contributed by atoms with Crippen LogP contribution in [-0.4, -0.2) is 39.7 Å². The number of nitrogens with zero attached hydrogens (tertiary/aromatic N) is 1. The predicted molar refractivity (Wildman–Crippen MR) is 52.2 cm³/mol. The van der Waals surface area contributed by atoms with Gasteiger partial charge in [-0.15, -0.1) is 13.2 Å². The van der Waals surface area contributed by atoms with E-state index in [4.69, 9.17) is 19.2 Å². The van der Waals surface area contributed by atoms with Crippen molar-refractivity contribution in [2.24, 2.45) is 0 Å². The molecule has 6 heteroatoms. The normalized spacial score (nSPS) is 10.2. The monoisotopic (exact) mass is 209 g/mol. The Morgan fingerprint density at radius 2 is 1.46 bits per heavy atom. The van der Waals surface area contributed by atoms with Crippen LogP contribution in [-0.2, 0) is 4.57 Å². The number of hydrogen-bond donors (Lipinski definition) is 3. The molecule has 0 aromatic carbocycles. The molecule has 5 nitrogen and oxygen atoms in total. The number of phosphoric acid groups is 1. The minimum absolute atomic E-state index is 0.937. The molecule has 0 amide bonds. The maximum Gasteiger partial charge on any atom is 0.466 e. The van der Waals surface area contributed by atoms with E-state index in [-0.39, 0.29) is 0 Å². The molecule has 0 aliphatic heterocycles. The lowest BCUT2D eigenvalue weighted by Gasteiger charge is -2.09. The third-order valence-electron chi connectivity index (χ3n) is 0.882. The highest BCUT2D eigenvalue weighted by atomic mass is 31.2. The molecule has 0 unspecified atom stereocenters. The van der Waals surface area contributed by atoms with Crippen molar-refractivity contribution in [1.82, 2.24) is 4.90 Å². The van der Waals surface area contributed by atoms with Crippen molar-refractivity contribution in [2.45, 2.75) is 0 Å². The van der Waals surface area contributed by atoms with Crippen LogP contribution >= 0.6 is 7.82 Å². The maximum atomic E-state index is 8.88. The predicted octanol–water partition coefficient (Wildman–Crippen LogP) is 0.362. The Bertz CT molecular complexity index is 171. The van der Waals surface area contributed by atoms with Crippen LogP contribution in [0.5, 0.6) is 0 Å². The van der Waals surface area contributed by atoms with E-state index in [0.29, 0.717) is 0 Å². The van der Waals surface area contributed by atoms with Crippen LogP contribution in [0.3, 0.4) is 0 Å². The number of hydrogen-bond acceptors (Lipinski definition) is 2. The molecule has 0 atom stereocenters. The molecule has 0 aliphatic rings. The molecule has 0 aromatic heterocycles. The summed E-state index contributed by atoms with van der Waals surface area (Å²) in [7, 11) is -2.61. The second-order valence-corrected chi connectivity index (χ2v) is 3.34. The van der Waals surface area contributed by atoms with Gasteiger partial charge in [0.05, 0.1) is 0 Å². The van der Waals surface area contributed by atoms with Crippen LogP contribution in [0.15, 0.2) is 25.3 Å². The van der Waals surface area contributed by atoms with Crippen LogP contribution in [0.2, 0.25) is 0 Å². The highest BCUT2D eigenvalue weighted by molar-refractivity contribution is 7.45. The molecule has 0 radical (unpaired) electrons. The molecule has 0 spiro atoms. The molecule has 0 fully saturated rings. The molecule has 0 saturated carbocycles. The summed E-state index contributed by atoms with van der Waals surface area (Å²) in [5.74, 6) is 0. The zero-order valence-corrected chi connectivity index (χ0v) is 8.52. The van der Waals surface area contributed by atoms with E-state index in [1.54, 1.807) is 0 Å². The quantitative estimate of drug-likeness (QED) is 0.460. The van der Waals surface area contributed by atoms with E-state index < -0.39 is 7.82 Å². The van der Waals surface area contributed by atoms with Gasteiger partial charge in [0.1, 0.15) is 0 Å². The highest BCUT2D eigenvalue weighted by Gasteiger charge is 2.00. The smallest absolute Gasteiger partial charge is 0.303 e. The summed E-state index contributed by atoms with van der Waals surface area (Å²) in [6.07, 6.45) is 3.76. The third-order valence-corrected chi connectivity index (χ3v) is 0.882. The van der Waals surface area contributed by atoms with E-state index in [0.717, 1.165) is 13.1 Å². The van der Waals surface area contributed by atoms with Gasteiger partial charge in [-0.2, -0.15) is 0 Å². The molecule has 3 N–H and O–H groups in total. The van der Waals surface area contributed by atoms with E-state index in [1.807, 2.05) is 19.2 Å². The Balaban J connectivity index is 0. The third kappa shape index (κ3) is 34.2. The summed E-state index contributed by atoms with van der Waals surface area (Å²) in [5, 5.41) is 0. The first-order valence-electron chi connectivity index (χ1n) is 3.50. The largest absolute Gasteiger partial charge is 0.466 e. The van der Waals surface area contributed by atoms with Gasteiger partial charge in [0.25, 0.3) is 0 Å². The fourth-order valence-electron chi connectivity index (χ4n) is 0.515. The van der Waals surface area contributed by atoms with Gasteiger partial charge in [0.15, 0.2) is 0 Å². The average molecular weight is 209 g/mol. The van der Waals surface area contributed by atoms with Crippen molar-refractivity contribution in [3.63, 3.8) is 0 Å². The molecule has 13 heavy (non-hydrogen) atoms. The van der Waals surface area contributed by atoms with E-state index >= 15 is 0 Å². The zero-order valence-electron chi connectivity index (χ0n) is 7.63. The summed E-state index contributed by atoms with van der Waals surface area (Å²) in [5.41, 5.74) is 0. The molecule has 0 aliphatic carbocycles. The van der Waals surface area contributed by atoms with Gasteiger partial charge in [-0.1, -0.05) is 12.2 Å². The van der Waals surface area contributed by atoms with Gasteiger partial charge in [0, 0.05) is 13.1 Å². The Labute approximate surface area is 78.2 Å². The van der Waals surface area contributed by atoms with Crippen molar-refractivity contribution >= 4 is 7.82 Å². The van der Waals surface area contributed by atoms with Gasteiger partial charge in [-0.05, 0) is 7.05 Å². The van der Waals surface area contributed by atoms with E-state index in [1.165, 1.54) is 0 Å². The van der Waals surface area contributed by atoms with Crippen molar-refractivity contribution in [3.8, 4) is 0 Å². The summed E-state index contributed by atoms with van der Waals surface area (Å²) < 4.78 is 8.88.